The lowest BCUT2D eigenvalue weighted by molar-refractivity contribution is -0.127. The molecule has 1 heterocycles. The van der Waals surface area contributed by atoms with E-state index in [0.717, 1.165) is 24.1 Å². The fourth-order valence-corrected chi connectivity index (χ4v) is 2.65. The van der Waals surface area contributed by atoms with Crippen LogP contribution < -0.4 is 15.4 Å². The van der Waals surface area contributed by atoms with E-state index in [1.54, 1.807) is 6.92 Å². The average molecular weight is 378 g/mol. The monoisotopic (exact) mass is 376 g/mol. The summed E-state index contributed by atoms with van der Waals surface area (Å²) in [6.07, 6.45) is 1.86. The van der Waals surface area contributed by atoms with Gasteiger partial charge in [-0.1, -0.05) is 12.1 Å². The number of benzene rings is 1. The van der Waals surface area contributed by atoms with Crippen molar-refractivity contribution in [2.75, 3.05) is 19.6 Å². The fourth-order valence-electron chi connectivity index (χ4n) is 2.27. The van der Waals surface area contributed by atoms with E-state index < -0.39 is 6.10 Å². The topological polar surface area (TPSA) is 50.4 Å². The van der Waals surface area contributed by atoms with Gasteiger partial charge in [0.2, 0.25) is 0 Å². The maximum absolute atomic E-state index is 12.0. The van der Waals surface area contributed by atoms with Gasteiger partial charge in [-0.2, -0.15) is 0 Å². The van der Waals surface area contributed by atoms with Crippen LogP contribution in [0.15, 0.2) is 28.7 Å². The number of carbonyl (C=O) groups is 1. The molecular weight excluding hydrogens is 356 g/mol. The molecule has 1 saturated heterocycles. The molecule has 2 rings (SSSR count). The van der Waals surface area contributed by atoms with Crippen LogP contribution in [-0.4, -0.2) is 31.6 Å². The summed E-state index contributed by atoms with van der Waals surface area (Å²) in [5.74, 6) is 1.16. The molecule has 2 unspecified atom stereocenters. The molecule has 0 aliphatic carbocycles. The number of halogens is 2. The van der Waals surface area contributed by atoms with Crippen molar-refractivity contribution in [3.63, 3.8) is 0 Å². The molecule has 1 aromatic rings. The van der Waals surface area contributed by atoms with Gasteiger partial charge in [0, 0.05) is 6.54 Å². The Morgan fingerprint density at radius 2 is 2.29 bits per heavy atom. The van der Waals surface area contributed by atoms with E-state index in [1.165, 1.54) is 12.8 Å². The SMILES string of the molecule is CC(Oc1ccccc1Br)C(=O)NCC1CCCNC1.Cl. The summed E-state index contributed by atoms with van der Waals surface area (Å²) >= 11 is 3.41. The highest BCUT2D eigenvalue weighted by molar-refractivity contribution is 9.10. The number of rotatable bonds is 5. The molecule has 0 radical (unpaired) electrons. The number of piperidine rings is 1. The first-order valence-electron chi connectivity index (χ1n) is 7.06. The molecule has 6 heteroatoms. The molecule has 2 N–H and O–H groups in total. The molecule has 118 valence electrons. The highest BCUT2D eigenvalue weighted by atomic mass is 79.9. The predicted molar refractivity (Wildman–Crippen MR) is 90.1 cm³/mol. The summed E-state index contributed by atoms with van der Waals surface area (Å²) < 4.78 is 6.53. The van der Waals surface area contributed by atoms with Crippen molar-refractivity contribution < 1.29 is 9.53 Å². The van der Waals surface area contributed by atoms with Crippen molar-refractivity contribution in [1.82, 2.24) is 10.6 Å². The first-order chi connectivity index (χ1) is 9.66. The molecule has 21 heavy (non-hydrogen) atoms. The summed E-state index contributed by atoms with van der Waals surface area (Å²) in [5, 5.41) is 6.32. The predicted octanol–water partition coefficient (Wildman–Crippen LogP) is 2.75. The molecule has 0 spiro atoms. The molecule has 0 bridgehead atoms. The van der Waals surface area contributed by atoms with E-state index in [9.17, 15) is 4.79 Å². The van der Waals surface area contributed by atoms with Crippen LogP contribution >= 0.6 is 28.3 Å². The molecule has 2 atom stereocenters. The molecule has 1 fully saturated rings. The van der Waals surface area contributed by atoms with Crippen LogP contribution in [0.1, 0.15) is 19.8 Å². The van der Waals surface area contributed by atoms with Gasteiger partial charge >= 0.3 is 0 Å². The number of hydrogen-bond donors (Lipinski definition) is 2. The maximum atomic E-state index is 12.0. The van der Waals surface area contributed by atoms with Crippen molar-refractivity contribution >= 4 is 34.2 Å². The largest absolute Gasteiger partial charge is 0.480 e. The van der Waals surface area contributed by atoms with Crippen LogP contribution in [0.4, 0.5) is 0 Å². The van der Waals surface area contributed by atoms with Gasteiger partial charge in [0.15, 0.2) is 6.10 Å². The van der Waals surface area contributed by atoms with Gasteiger partial charge in [0.05, 0.1) is 4.47 Å². The second-order valence-electron chi connectivity index (χ2n) is 5.15. The summed E-state index contributed by atoms with van der Waals surface area (Å²) in [7, 11) is 0. The number of amides is 1. The zero-order valence-corrected chi connectivity index (χ0v) is 14.5. The van der Waals surface area contributed by atoms with E-state index in [4.69, 9.17) is 4.74 Å². The van der Waals surface area contributed by atoms with Gasteiger partial charge in [-0.05, 0) is 66.8 Å². The lowest BCUT2D eigenvalue weighted by atomic mass is 10.00. The van der Waals surface area contributed by atoms with Crippen LogP contribution in [0.3, 0.4) is 0 Å². The van der Waals surface area contributed by atoms with E-state index in [1.807, 2.05) is 24.3 Å². The van der Waals surface area contributed by atoms with Gasteiger partial charge in [0.1, 0.15) is 5.75 Å². The van der Waals surface area contributed by atoms with Crippen molar-refractivity contribution in [3.05, 3.63) is 28.7 Å². The van der Waals surface area contributed by atoms with E-state index in [2.05, 4.69) is 26.6 Å². The molecule has 1 aromatic carbocycles. The molecule has 1 aliphatic heterocycles. The van der Waals surface area contributed by atoms with Crippen LogP contribution in [-0.2, 0) is 4.79 Å². The van der Waals surface area contributed by atoms with Gasteiger partial charge in [0.25, 0.3) is 5.91 Å². The Morgan fingerprint density at radius 1 is 1.52 bits per heavy atom. The van der Waals surface area contributed by atoms with E-state index in [0.29, 0.717) is 11.7 Å². The summed E-state index contributed by atoms with van der Waals surface area (Å²) in [6, 6.07) is 7.54. The van der Waals surface area contributed by atoms with Gasteiger partial charge in [-0.3, -0.25) is 4.79 Å². The Morgan fingerprint density at radius 3 is 2.95 bits per heavy atom. The van der Waals surface area contributed by atoms with Gasteiger partial charge in [-0.25, -0.2) is 0 Å². The van der Waals surface area contributed by atoms with Gasteiger partial charge < -0.3 is 15.4 Å². The molecular formula is C15H22BrClN2O2. The zero-order valence-electron chi connectivity index (χ0n) is 12.1. The zero-order chi connectivity index (χ0) is 14.4. The van der Waals surface area contributed by atoms with Crippen LogP contribution in [0.2, 0.25) is 0 Å². The second-order valence-corrected chi connectivity index (χ2v) is 6.00. The molecule has 1 aliphatic rings. The fraction of sp³-hybridized carbons (Fsp3) is 0.533. The number of nitrogens with one attached hydrogen (secondary N) is 2. The van der Waals surface area contributed by atoms with Crippen molar-refractivity contribution in [3.8, 4) is 5.75 Å². The Labute approximate surface area is 140 Å². The maximum Gasteiger partial charge on any atom is 0.260 e. The molecule has 1 amide bonds. The van der Waals surface area contributed by atoms with Crippen LogP contribution in [0, 0.1) is 5.92 Å². The van der Waals surface area contributed by atoms with Crippen LogP contribution in [0.25, 0.3) is 0 Å². The van der Waals surface area contributed by atoms with Crippen LogP contribution in [0.5, 0.6) is 5.75 Å². The normalized spacial score (nSPS) is 19.2. The number of hydrogen-bond acceptors (Lipinski definition) is 3. The minimum Gasteiger partial charge on any atom is -0.480 e. The van der Waals surface area contributed by atoms with E-state index >= 15 is 0 Å². The number of carbonyl (C=O) groups excluding carboxylic acids is 1. The van der Waals surface area contributed by atoms with Crippen molar-refractivity contribution in [1.29, 1.82) is 0 Å². The molecule has 0 aromatic heterocycles. The van der Waals surface area contributed by atoms with Crippen molar-refractivity contribution in [2.45, 2.75) is 25.9 Å². The highest BCUT2D eigenvalue weighted by Gasteiger charge is 2.18. The first kappa shape index (κ1) is 18.3. The van der Waals surface area contributed by atoms with E-state index in [-0.39, 0.29) is 18.3 Å². The van der Waals surface area contributed by atoms with Crippen molar-refractivity contribution in [2.24, 2.45) is 5.92 Å². The minimum atomic E-state index is -0.495. The summed E-state index contributed by atoms with van der Waals surface area (Å²) in [5.41, 5.74) is 0. The summed E-state index contributed by atoms with van der Waals surface area (Å²) in [4.78, 5) is 12.0. The third-order valence-electron chi connectivity index (χ3n) is 3.47. The first-order valence-corrected chi connectivity index (χ1v) is 7.85. The quantitative estimate of drug-likeness (QED) is 0.829. The summed E-state index contributed by atoms with van der Waals surface area (Å²) in [6.45, 7) is 4.56. The Balaban J connectivity index is 0.00000220. The smallest absolute Gasteiger partial charge is 0.260 e. The molecule has 0 saturated carbocycles. The Hall–Kier alpha value is -0.780. The molecule has 4 nitrogen and oxygen atoms in total. The third-order valence-corrected chi connectivity index (χ3v) is 4.13. The Bertz CT molecular complexity index is 453. The lowest BCUT2D eigenvalue weighted by Crippen LogP contribution is -2.42. The standard InChI is InChI=1S/C15H21BrN2O2.ClH/c1-11(20-14-7-3-2-6-13(14)16)15(19)18-10-12-5-4-8-17-9-12;/h2-3,6-7,11-12,17H,4-5,8-10H2,1H3,(H,18,19);1H. The second kappa shape index (κ2) is 9.28. The minimum absolute atomic E-state index is 0. The lowest BCUT2D eigenvalue weighted by Gasteiger charge is -2.24. The third kappa shape index (κ3) is 5.85. The number of para-hydroxylation sites is 1. The Kier molecular flexibility index (Phi) is 8.07. The van der Waals surface area contributed by atoms with Gasteiger partial charge in [-0.15, -0.1) is 12.4 Å². The number of ether oxygens (including phenoxy) is 1. The average Bonchev–Trinajstić information content (AvgIpc) is 2.48. The highest BCUT2D eigenvalue weighted by Crippen LogP contribution is 2.24.